The standard InChI is InChI=1S/C9H15NO6/c1-5(2)16-4-7(11)10-6(9(14)15)3-8(12)13/h5-6H,3-4H2,1-2H3,(H,10,11)(H,12,13)(H,14,15)/t6-/m1/s1. The molecule has 1 amide bonds. The van der Waals surface area contributed by atoms with Crippen LogP contribution in [-0.2, 0) is 19.1 Å². The molecule has 92 valence electrons. The number of nitrogens with one attached hydrogen (secondary N) is 1. The summed E-state index contributed by atoms with van der Waals surface area (Å²) in [7, 11) is 0. The molecule has 0 unspecified atom stereocenters. The van der Waals surface area contributed by atoms with Crippen molar-refractivity contribution in [2.45, 2.75) is 32.4 Å². The first-order valence-electron chi connectivity index (χ1n) is 4.68. The monoisotopic (exact) mass is 233 g/mol. The molecule has 0 rings (SSSR count). The van der Waals surface area contributed by atoms with Gasteiger partial charge in [0.05, 0.1) is 12.5 Å². The van der Waals surface area contributed by atoms with Crippen molar-refractivity contribution in [1.29, 1.82) is 0 Å². The number of hydrogen-bond donors (Lipinski definition) is 3. The predicted molar refractivity (Wildman–Crippen MR) is 52.9 cm³/mol. The predicted octanol–water partition coefficient (Wildman–Crippen LogP) is -0.544. The first-order valence-corrected chi connectivity index (χ1v) is 4.68. The van der Waals surface area contributed by atoms with Crippen LogP contribution in [0.1, 0.15) is 20.3 Å². The Bertz CT molecular complexity index is 275. The maximum Gasteiger partial charge on any atom is 0.326 e. The summed E-state index contributed by atoms with van der Waals surface area (Å²) >= 11 is 0. The molecule has 0 aliphatic carbocycles. The molecule has 0 spiro atoms. The fourth-order valence-electron chi connectivity index (χ4n) is 0.853. The lowest BCUT2D eigenvalue weighted by atomic mass is 10.2. The number of carboxylic acids is 2. The molecule has 0 saturated heterocycles. The van der Waals surface area contributed by atoms with Gasteiger partial charge in [-0.3, -0.25) is 9.59 Å². The van der Waals surface area contributed by atoms with E-state index in [0.717, 1.165) is 0 Å². The van der Waals surface area contributed by atoms with Gasteiger partial charge in [-0.05, 0) is 13.8 Å². The number of hydrogen-bond acceptors (Lipinski definition) is 4. The van der Waals surface area contributed by atoms with E-state index < -0.39 is 30.3 Å². The van der Waals surface area contributed by atoms with Crippen molar-refractivity contribution in [2.75, 3.05) is 6.61 Å². The number of carbonyl (C=O) groups excluding carboxylic acids is 1. The van der Waals surface area contributed by atoms with Crippen LogP contribution in [0.25, 0.3) is 0 Å². The molecular formula is C9H15NO6. The molecule has 0 aromatic rings. The van der Waals surface area contributed by atoms with Crippen molar-refractivity contribution < 1.29 is 29.3 Å². The third-order valence-corrected chi connectivity index (χ3v) is 1.56. The van der Waals surface area contributed by atoms with Crippen LogP contribution < -0.4 is 5.32 Å². The van der Waals surface area contributed by atoms with Crippen LogP contribution in [0.4, 0.5) is 0 Å². The molecule has 0 heterocycles. The van der Waals surface area contributed by atoms with E-state index in [9.17, 15) is 14.4 Å². The molecule has 3 N–H and O–H groups in total. The minimum Gasteiger partial charge on any atom is -0.481 e. The van der Waals surface area contributed by atoms with Gasteiger partial charge in [-0.2, -0.15) is 0 Å². The minimum absolute atomic E-state index is 0.159. The number of ether oxygens (including phenoxy) is 1. The lowest BCUT2D eigenvalue weighted by Gasteiger charge is -2.13. The van der Waals surface area contributed by atoms with E-state index in [4.69, 9.17) is 14.9 Å². The second-order valence-corrected chi connectivity index (χ2v) is 3.42. The number of rotatable bonds is 7. The second kappa shape index (κ2) is 6.78. The van der Waals surface area contributed by atoms with Gasteiger partial charge in [-0.15, -0.1) is 0 Å². The molecule has 0 saturated carbocycles. The van der Waals surface area contributed by atoms with E-state index in [1.54, 1.807) is 13.8 Å². The normalized spacial score (nSPS) is 12.2. The summed E-state index contributed by atoms with van der Waals surface area (Å²) in [4.78, 5) is 32.1. The highest BCUT2D eigenvalue weighted by Crippen LogP contribution is 1.94. The average molecular weight is 233 g/mol. The molecule has 0 bridgehead atoms. The number of carbonyl (C=O) groups is 3. The number of carboxylic acid groups (broad SMARTS) is 2. The zero-order chi connectivity index (χ0) is 12.7. The zero-order valence-corrected chi connectivity index (χ0v) is 9.10. The van der Waals surface area contributed by atoms with Crippen molar-refractivity contribution >= 4 is 17.8 Å². The smallest absolute Gasteiger partial charge is 0.326 e. The molecule has 0 aliphatic rings. The van der Waals surface area contributed by atoms with Gasteiger partial charge < -0.3 is 20.3 Å². The van der Waals surface area contributed by atoms with Crippen LogP contribution in [-0.4, -0.2) is 46.8 Å². The van der Waals surface area contributed by atoms with Gasteiger partial charge in [0, 0.05) is 0 Å². The highest BCUT2D eigenvalue weighted by atomic mass is 16.5. The largest absolute Gasteiger partial charge is 0.481 e. The van der Waals surface area contributed by atoms with Gasteiger partial charge in [-0.25, -0.2) is 4.79 Å². The Hall–Kier alpha value is -1.63. The lowest BCUT2D eigenvalue weighted by Crippen LogP contribution is -2.44. The van der Waals surface area contributed by atoms with Gasteiger partial charge in [0.1, 0.15) is 12.6 Å². The lowest BCUT2D eigenvalue weighted by molar-refractivity contribution is -0.147. The van der Waals surface area contributed by atoms with Crippen molar-refractivity contribution in [3.8, 4) is 0 Å². The van der Waals surface area contributed by atoms with Crippen LogP contribution in [0.15, 0.2) is 0 Å². The van der Waals surface area contributed by atoms with Crippen LogP contribution in [0.3, 0.4) is 0 Å². The van der Waals surface area contributed by atoms with Crippen LogP contribution in [0, 0.1) is 0 Å². The van der Waals surface area contributed by atoms with E-state index in [0.29, 0.717) is 0 Å². The maximum atomic E-state index is 11.2. The molecule has 16 heavy (non-hydrogen) atoms. The van der Waals surface area contributed by atoms with Gasteiger partial charge in [0.15, 0.2) is 0 Å². The molecule has 7 nitrogen and oxygen atoms in total. The van der Waals surface area contributed by atoms with E-state index >= 15 is 0 Å². The fraction of sp³-hybridized carbons (Fsp3) is 0.667. The number of amides is 1. The third-order valence-electron chi connectivity index (χ3n) is 1.56. The second-order valence-electron chi connectivity index (χ2n) is 3.42. The SMILES string of the molecule is CC(C)OCC(=O)N[C@H](CC(=O)O)C(=O)O. The molecule has 7 heteroatoms. The average Bonchev–Trinajstić information content (AvgIpc) is 2.12. The van der Waals surface area contributed by atoms with Crippen LogP contribution >= 0.6 is 0 Å². The summed E-state index contributed by atoms with van der Waals surface area (Å²) < 4.78 is 4.94. The summed E-state index contributed by atoms with van der Waals surface area (Å²) in [6.07, 6.45) is -0.823. The first-order chi connectivity index (χ1) is 7.32. The molecule has 0 fully saturated rings. The Morgan fingerprint density at radius 1 is 1.25 bits per heavy atom. The van der Waals surface area contributed by atoms with E-state index in [1.807, 2.05) is 0 Å². The molecule has 0 aliphatic heterocycles. The van der Waals surface area contributed by atoms with E-state index in [1.165, 1.54) is 0 Å². The summed E-state index contributed by atoms with van der Waals surface area (Å²) in [5.41, 5.74) is 0. The zero-order valence-electron chi connectivity index (χ0n) is 9.10. The topological polar surface area (TPSA) is 113 Å². The van der Waals surface area contributed by atoms with E-state index in [2.05, 4.69) is 5.32 Å². The van der Waals surface area contributed by atoms with Crippen molar-refractivity contribution in [3.63, 3.8) is 0 Å². The van der Waals surface area contributed by atoms with Crippen molar-refractivity contribution in [3.05, 3.63) is 0 Å². The highest BCUT2D eigenvalue weighted by molar-refractivity contribution is 5.87. The Morgan fingerprint density at radius 3 is 2.19 bits per heavy atom. The molecule has 0 aromatic carbocycles. The molecular weight excluding hydrogens is 218 g/mol. The Morgan fingerprint density at radius 2 is 1.81 bits per heavy atom. The van der Waals surface area contributed by atoms with Gasteiger partial charge in [0.2, 0.25) is 5.91 Å². The summed E-state index contributed by atoms with van der Waals surface area (Å²) in [5.74, 6) is -3.33. The Kier molecular flexibility index (Phi) is 6.09. The van der Waals surface area contributed by atoms with Crippen molar-refractivity contribution in [1.82, 2.24) is 5.32 Å². The fourth-order valence-corrected chi connectivity index (χ4v) is 0.853. The van der Waals surface area contributed by atoms with Crippen LogP contribution in [0.5, 0.6) is 0 Å². The van der Waals surface area contributed by atoms with Gasteiger partial charge in [-0.1, -0.05) is 0 Å². The van der Waals surface area contributed by atoms with Crippen molar-refractivity contribution in [2.24, 2.45) is 0 Å². The summed E-state index contributed by atoms with van der Waals surface area (Å²) in [6.45, 7) is 3.15. The molecule has 0 radical (unpaired) electrons. The quantitative estimate of drug-likeness (QED) is 0.544. The Balaban J connectivity index is 4.13. The number of aliphatic carboxylic acids is 2. The molecule has 0 aromatic heterocycles. The van der Waals surface area contributed by atoms with Gasteiger partial charge >= 0.3 is 11.9 Å². The maximum absolute atomic E-state index is 11.2. The first kappa shape index (κ1) is 14.4. The molecule has 1 atom stereocenters. The Labute approximate surface area is 92.4 Å². The van der Waals surface area contributed by atoms with Crippen LogP contribution in [0.2, 0.25) is 0 Å². The van der Waals surface area contributed by atoms with E-state index in [-0.39, 0.29) is 12.7 Å². The minimum atomic E-state index is -1.43. The summed E-state index contributed by atoms with van der Waals surface area (Å²) in [5, 5.41) is 19.1. The third kappa shape index (κ3) is 6.77. The highest BCUT2D eigenvalue weighted by Gasteiger charge is 2.22. The summed E-state index contributed by atoms with van der Waals surface area (Å²) in [6, 6.07) is -1.43. The van der Waals surface area contributed by atoms with Gasteiger partial charge in [0.25, 0.3) is 0 Å².